The first-order chi connectivity index (χ1) is 18.9. The van der Waals surface area contributed by atoms with Gasteiger partial charge in [-0.1, -0.05) is 0 Å². The van der Waals surface area contributed by atoms with E-state index in [-0.39, 0.29) is 11.5 Å². The molecule has 11 heteroatoms. The van der Waals surface area contributed by atoms with Gasteiger partial charge in [-0.25, -0.2) is 18.7 Å². The van der Waals surface area contributed by atoms with Crippen LogP contribution in [0.15, 0.2) is 49.2 Å². The molecule has 1 N–H and O–H groups in total. The van der Waals surface area contributed by atoms with Crippen molar-refractivity contribution in [2.24, 2.45) is 0 Å². The monoisotopic (exact) mass is 534 g/mol. The van der Waals surface area contributed by atoms with E-state index in [1.54, 1.807) is 17.3 Å². The normalized spacial score (nSPS) is 20.2. The SMILES string of the molecule is CN(C)Cc1cc(C(=O)N2CCN(C3CC(n4cc(-c5ncnc6[nH]ccc56)cn4)C3)CC2)cc(C(F)F)c1. The molecule has 204 valence electrons. The molecule has 0 atom stereocenters. The minimum absolute atomic E-state index is 0.101. The van der Waals surface area contributed by atoms with Crippen LogP contribution in [0.1, 0.15) is 46.8 Å². The number of piperazine rings is 1. The Morgan fingerprint density at radius 3 is 2.64 bits per heavy atom. The third-order valence-corrected chi connectivity index (χ3v) is 7.82. The lowest BCUT2D eigenvalue weighted by Crippen LogP contribution is -2.55. The first-order valence-corrected chi connectivity index (χ1v) is 13.3. The lowest BCUT2D eigenvalue weighted by atomic mass is 9.85. The van der Waals surface area contributed by atoms with Crippen molar-refractivity contribution in [1.82, 2.24) is 39.4 Å². The smallest absolute Gasteiger partial charge is 0.263 e. The van der Waals surface area contributed by atoms with E-state index in [4.69, 9.17) is 0 Å². The third kappa shape index (κ3) is 5.16. The fraction of sp³-hybridized carbons (Fsp3) is 0.429. The fourth-order valence-electron chi connectivity index (χ4n) is 5.73. The zero-order valence-corrected chi connectivity index (χ0v) is 22.1. The van der Waals surface area contributed by atoms with Crippen LogP contribution in [0.25, 0.3) is 22.3 Å². The topological polar surface area (TPSA) is 86.2 Å². The summed E-state index contributed by atoms with van der Waals surface area (Å²) in [6.45, 7) is 3.24. The van der Waals surface area contributed by atoms with E-state index in [1.165, 1.54) is 12.1 Å². The first kappa shape index (κ1) is 25.6. The number of aromatic nitrogens is 5. The summed E-state index contributed by atoms with van der Waals surface area (Å²) in [6, 6.07) is 7.34. The number of alkyl halides is 2. The molecule has 1 amide bonds. The maximum atomic E-state index is 13.5. The van der Waals surface area contributed by atoms with Crippen molar-refractivity contribution in [2.45, 2.75) is 37.9 Å². The summed E-state index contributed by atoms with van der Waals surface area (Å²) in [4.78, 5) is 31.2. The van der Waals surface area contributed by atoms with Crippen LogP contribution < -0.4 is 0 Å². The quantitative estimate of drug-likeness (QED) is 0.386. The molecule has 2 fully saturated rings. The van der Waals surface area contributed by atoms with Crippen molar-refractivity contribution in [3.63, 3.8) is 0 Å². The zero-order valence-electron chi connectivity index (χ0n) is 22.1. The molecule has 0 spiro atoms. The molecule has 0 unspecified atom stereocenters. The molecular weight excluding hydrogens is 502 g/mol. The second-order valence-corrected chi connectivity index (χ2v) is 10.8. The Morgan fingerprint density at radius 2 is 1.90 bits per heavy atom. The predicted octanol–water partition coefficient (Wildman–Crippen LogP) is 3.98. The molecule has 0 radical (unpaired) electrons. The Morgan fingerprint density at radius 1 is 1.10 bits per heavy atom. The number of carbonyl (C=O) groups is 1. The summed E-state index contributed by atoms with van der Waals surface area (Å²) >= 11 is 0. The number of nitrogens with zero attached hydrogens (tertiary/aromatic N) is 7. The number of nitrogens with one attached hydrogen (secondary N) is 1. The van der Waals surface area contributed by atoms with Gasteiger partial charge in [0.25, 0.3) is 12.3 Å². The van der Waals surface area contributed by atoms with E-state index in [9.17, 15) is 13.6 Å². The zero-order chi connectivity index (χ0) is 27.1. The summed E-state index contributed by atoms with van der Waals surface area (Å²) in [5.41, 5.74) is 3.62. The standard InChI is InChI=1S/C28H32F2N8O/c1-35(2)15-18-9-19(26(29)30)11-20(10-18)28(39)37-7-5-36(6-8-37)22-12-23(13-22)38-16-21(14-34-38)25-24-3-4-31-27(24)33-17-32-25/h3-4,9-11,14,16-17,22-23,26H,5-8,12-13,15H2,1-2H3,(H,31,32,33). The summed E-state index contributed by atoms with van der Waals surface area (Å²) in [7, 11) is 3.76. The molecule has 0 bridgehead atoms. The molecule has 39 heavy (non-hydrogen) atoms. The Hall–Kier alpha value is -3.70. The van der Waals surface area contributed by atoms with E-state index < -0.39 is 6.43 Å². The first-order valence-electron chi connectivity index (χ1n) is 13.3. The number of fused-ring (bicyclic) bond motifs is 1. The molecule has 4 heterocycles. The van der Waals surface area contributed by atoms with Crippen LogP contribution in [0.2, 0.25) is 0 Å². The van der Waals surface area contributed by atoms with Gasteiger partial charge in [-0.05, 0) is 56.8 Å². The second kappa shape index (κ2) is 10.5. The molecule has 1 aliphatic carbocycles. The van der Waals surface area contributed by atoms with Crippen LogP contribution >= 0.6 is 0 Å². The second-order valence-electron chi connectivity index (χ2n) is 10.8. The van der Waals surface area contributed by atoms with Gasteiger partial charge in [0.2, 0.25) is 0 Å². The number of hydrogen-bond acceptors (Lipinski definition) is 6. The summed E-state index contributed by atoms with van der Waals surface area (Å²) in [5, 5.41) is 5.59. The number of aromatic amines is 1. The van der Waals surface area contributed by atoms with Crippen LogP contribution in [0.4, 0.5) is 8.78 Å². The van der Waals surface area contributed by atoms with Gasteiger partial charge in [-0.3, -0.25) is 14.4 Å². The van der Waals surface area contributed by atoms with Gasteiger partial charge < -0.3 is 14.8 Å². The highest BCUT2D eigenvalue weighted by Crippen LogP contribution is 2.37. The third-order valence-electron chi connectivity index (χ3n) is 7.82. The number of amides is 1. The van der Waals surface area contributed by atoms with Crippen LogP contribution in [-0.4, -0.2) is 91.7 Å². The van der Waals surface area contributed by atoms with E-state index in [2.05, 4.69) is 31.1 Å². The number of hydrogen-bond donors (Lipinski definition) is 1. The highest BCUT2D eigenvalue weighted by molar-refractivity contribution is 5.94. The van der Waals surface area contributed by atoms with E-state index in [0.717, 1.165) is 53.8 Å². The number of benzene rings is 1. The molecule has 9 nitrogen and oxygen atoms in total. The maximum absolute atomic E-state index is 13.5. The average molecular weight is 535 g/mol. The van der Waals surface area contributed by atoms with Crippen molar-refractivity contribution in [2.75, 3.05) is 40.3 Å². The summed E-state index contributed by atoms with van der Waals surface area (Å²) < 4.78 is 29.0. The van der Waals surface area contributed by atoms with Crippen molar-refractivity contribution in [1.29, 1.82) is 0 Å². The highest BCUT2D eigenvalue weighted by atomic mass is 19.3. The Bertz CT molecular complexity index is 1470. The Kier molecular flexibility index (Phi) is 6.86. The lowest BCUT2D eigenvalue weighted by Gasteiger charge is -2.46. The van der Waals surface area contributed by atoms with Crippen LogP contribution in [-0.2, 0) is 6.54 Å². The number of rotatable bonds is 7. The van der Waals surface area contributed by atoms with Crippen molar-refractivity contribution in [3.8, 4) is 11.3 Å². The molecule has 2 aliphatic rings. The minimum Gasteiger partial charge on any atom is -0.346 e. The molecule has 1 aromatic carbocycles. The molecular formula is C28H32F2N8O. The predicted molar refractivity (Wildman–Crippen MR) is 143 cm³/mol. The lowest BCUT2D eigenvalue weighted by molar-refractivity contribution is 0.0294. The molecule has 3 aromatic heterocycles. The Labute approximate surface area is 225 Å². The van der Waals surface area contributed by atoms with Gasteiger partial charge in [0.1, 0.15) is 12.0 Å². The van der Waals surface area contributed by atoms with Gasteiger partial charge in [-0.15, -0.1) is 0 Å². The molecule has 1 aliphatic heterocycles. The van der Waals surface area contributed by atoms with Crippen molar-refractivity contribution >= 4 is 16.9 Å². The summed E-state index contributed by atoms with van der Waals surface area (Å²) in [5.74, 6) is -0.172. The maximum Gasteiger partial charge on any atom is 0.263 e. The van der Waals surface area contributed by atoms with Crippen LogP contribution in [0.3, 0.4) is 0 Å². The number of H-pyrrole nitrogens is 1. The average Bonchev–Trinajstić information content (AvgIpc) is 3.57. The van der Waals surface area contributed by atoms with Gasteiger partial charge in [-0.2, -0.15) is 5.10 Å². The van der Waals surface area contributed by atoms with Crippen LogP contribution in [0, 0.1) is 0 Å². The van der Waals surface area contributed by atoms with Gasteiger partial charge in [0, 0.05) is 73.2 Å². The highest BCUT2D eigenvalue weighted by Gasteiger charge is 2.37. The molecule has 1 saturated carbocycles. The number of carbonyl (C=O) groups excluding carboxylic acids is 1. The summed E-state index contributed by atoms with van der Waals surface area (Å²) in [6.07, 6.45) is 6.74. The van der Waals surface area contributed by atoms with E-state index in [1.807, 2.05) is 42.1 Å². The van der Waals surface area contributed by atoms with Gasteiger partial charge in [0.15, 0.2) is 0 Å². The van der Waals surface area contributed by atoms with Crippen molar-refractivity contribution in [3.05, 3.63) is 65.9 Å². The van der Waals surface area contributed by atoms with Gasteiger partial charge >= 0.3 is 0 Å². The molecule has 4 aromatic rings. The number of halogens is 2. The van der Waals surface area contributed by atoms with Gasteiger partial charge in [0.05, 0.1) is 17.9 Å². The van der Waals surface area contributed by atoms with E-state index >= 15 is 0 Å². The molecule has 1 saturated heterocycles. The molecule has 6 rings (SSSR count). The Balaban J connectivity index is 1.05. The fourth-order valence-corrected chi connectivity index (χ4v) is 5.73. The minimum atomic E-state index is -2.61. The van der Waals surface area contributed by atoms with Crippen molar-refractivity contribution < 1.29 is 13.6 Å². The van der Waals surface area contributed by atoms with E-state index in [0.29, 0.717) is 37.3 Å². The van der Waals surface area contributed by atoms with Crippen LogP contribution in [0.5, 0.6) is 0 Å². The largest absolute Gasteiger partial charge is 0.346 e.